The van der Waals surface area contributed by atoms with Crippen molar-refractivity contribution in [3.63, 3.8) is 0 Å². The van der Waals surface area contributed by atoms with Gasteiger partial charge in [0.15, 0.2) is 5.82 Å². The lowest BCUT2D eigenvalue weighted by Crippen LogP contribution is -2.11. The number of hydrogen-bond acceptors (Lipinski definition) is 6. The molecular weight excluding hydrogens is 332 g/mol. The fourth-order valence-electron chi connectivity index (χ4n) is 3.07. The summed E-state index contributed by atoms with van der Waals surface area (Å²) >= 11 is 1.61. The lowest BCUT2D eigenvalue weighted by molar-refractivity contribution is 0.621. The topological polar surface area (TPSA) is 81.7 Å². The van der Waals surface area contributed by atoms with Crippen LogP contribution in [0.2, 0.25) is 0 Å². The van der Waals surface area contributed by atoms with Crippen molar-refractivity contribution in [2.24, 2.45) is 5.92 Å². The molecule has 3 heterocycles. The summed E-state index contributed by atoms with van der Waals surface area (Å²) in [6.45, 7) is 3.71. The van der Waals surface area contributed by atoms with Crippen LogP contribution in [-0.4, -0.2) is 19.5 Å². The van der Waals surface area contributed by atoms with Crippen LogP contribution in [0.5, 0.6) is 0 Å². The molecule has 0 amide bonds. The van der Waals surface area contributed by atoms with E-state index in [9.17, 15) is 0 Å². The van der Waals surface area contributed by atoms with E-state index in [1.165, 1.54) is 5.57 Å². The number of hydrogen-bond donors (Lipinski definition) is 2. The summed E-state index contributed by atoms with van der Waals surface area (Å²) in [6, 6.07) is 1.99. The molecule has 0 spiro atoms. The molecule has 1 aliphatic rings. The highest BCUT2D eigenvalue weighted by Crippen LogP contribution is 2.27. The van der Waals surface area contributed by atoms with Crippen molar-refractivity contribution in [1.82, 2.24) is 19.5 Å². The number of allylic oxidation sites excluding steroid dienone is 4. The summed E-state index contributed by atoms with van der Waals surface area (Å²) in [6.07, 6.45) is 11.5. The molecule has 0 fully saturated rings. The summed E-state index contributed by atoms with van der Waals surface area (Å²) in [5.74, 6) is 1.58. The number of fused-ring (bicyclic) bond motifs is 1. The Morgan fingerprint density at radius 1 is 1.40 bits per heavy atom. The maximum Gasteiger partial charge on any atom is 0.222 e. The van der Waals surface area contributed by atoms with Gasteiger partial charge in [0, 0.05) is 24.3 Å². The van der Waals surface area contributed by atoms with Gasteiger partial charge in [0.1, 0.15) is 10.5 Å². The molecule has 1 atom stereocenters. The van der Waals surface area contributed by atoms with Crippen molar-refractivity contribution in [3.8, 4) is 0 Å². The Morgan fingerprint density at radius 2 is 2.32 bits per heavy atom. The van der Waals surface area contributed by atoms with Crippen molar-refractivity contribution in [2.75, 3.05) is 11.1 Å². The fraction of sp³-hybridized carbons (Fsp3) is 0.278. The molecular formula is C18H20N6S. The van der Waals surface area contributed by atoms with E-state index in [2.05, 4.69) is 56.2 Å². The average Bonchev–Trinajstić information content (AvgIpc) is 3.25. The van der Waals surface area contributed by atoms with Crippen LogP contribution in [0.4, 0.5) is 11.8 Å². The quantitative estimate of drug-likeness (QED) is 0.733. The SMILES string of the molecule is CC1CC=CC=C1Cn1ccc2nc(N)nc(NCc3nccs3)c21. The van der Waals surface area contributed by atoms with Gasteiger partial charge in [-0.3, -0.25) is 0 Å². The Bertz CT molecular complexity index is 938. The predicted molar refractivity (Wildman–Crippen MR) is 102 cm³/mol. The summed E-state index contributed by atoms with van der Waals surface area (Å²) in [4.78, 5) is 13.1. The largest absolute Gasteiger partial charge is 0.368 e. The van der Waals surface area contributed by atoms with E-state index >= 15 is 0 Å². The second-order valence-electron chi connectivity index (χ2n) is 6.19. The smallest absolute Gasteiger partial charge is 0.222 e. The Hall–Kier alpha value is -2.67. The second kappa shape index (κ2) is 6.68. The molecule has 7 heteroatoms. The van der Waals surface area contributed by atoms with Crippen LogP contribution in [0.15, 0.2) is 47.6 Å². The molecule has 6 nitrogen and oxygen atoms in total. The third kappa shape index (κ3) is 3.28. The van der Waals surface area contributed by atoms with E-state index in [1.807, 2.05) is 11.4 Å². The van der Waals surface area contributed by atoms with Gasteiger partial charge < -0.3 is 15.6 Å². The lowest BCUT2D eigenvalue weighted by atomic mass is 9.93. The van der Waals surface area contributed by atoms with E-state index < -0.39 is 0 Å². The molecule has 3 aromatic heterocycles. The summed E-state index contributed by atoms with van der Waals surface area (Å²) in [7, 11) is 0. The first kappa shape index (κ1) is 15.8. The minimum atomic E-state index is 0.278. The monoisotopic (exact) mass is 352 g/mol. The number of nitrogens with two attached hydrogens (primary N) is 1. The highest BCUT2D eigenvalue weighted by molar-refractivity contribution is 7.09. The van der Waals surface area contributed by atoms with Crippen LogP contribution in [0.1, 0.15) is 18.4 Å². The minimum Gasteiger partial charge on any atom is -0.368 e. The standard InChI is InChI=1S/C18H20N6S/c1-12-4-2-3-5-13(12)11-24-8-6-14-16(24)17(23-18(19)22-14)21-10-15-20-7-9-25-15/h2-3,5-9,12H,4,10-11H2,1H3,(H3,19,21,22,23). The van der Waals surface area contributed by atoms with Gasteiger partial charge in [-0.05, 0) is 24.0 Å². The number of nitrogens with one attached hydrogen (secondary N) is 1. The lowest BCUT2D eigenvalue weighted by Gasteiger charge is -2.19. The third-order valence-electron chi connectivity index (χ3n) is 4.44. The Kier molecular flexibility index (Phi) is 4.23. The van der Waals surface area contributed by atoms with E-state index in [4.69, 9.17) is 5.73 Å². The molecule has 1 aliphatic carbocycles. The molecule has 4 rings (SSSR count). The maximum atomic E-state index is 5.88. The molecule has 128 valence electrons. The number of rotatable bonds is 5. The minimum absolute atomic E-state index is 0.278. The Balaban J connectivity index is 1.68. The number of nitrogens with zero attached hydrogens (tertiary/aromatic N) is 4. The highest BCUT2D eigenvalue weighted by Gasteiger charge is 2.15. The molecule has 1 unspecified atom stereocenters. The zero-order chi connectivity index (χ0) is 17.2. The van der Waals surface area contributed by atoms with E-state index in [-0.39, 0.29) is 5.95 Å². The van der Waals surface area contributed by atoms with Crippen molar-refractivity contribution < 1.29 is 0 Å². The van der Waals surface area contributed by atoms with Crippen molar-refractivity contribution in [1.29, 1.82) is 0 Å². The first-order valence-corrected chi connectivity index (χ1v) is 9.19. The summed E-state index contributed by atoms with van der Waals surface area (Å²) in [5, 5.41) is 6.35. The fourth-order valence-corrected chi connectivity index (χ4v) is 3.63. The van der Waals surface area contributed by atoms with Crippen LogP contribution in [-0.2, 0) is 13.1 Å². The second-order valence-corrected chi connectivity index (χ2v) is 7.17. The van der Waals surface area contributed by atoms with Gasteiger partial charge in [-0.25, -0.2) is 9.97 Å². The molecule has 0 saturated heterocycles. The van der Waals surface area contributed by atoms with E-state index in [0.29, 0.717) is 12.5 Å². The van der Waals surface area contributed by atoms with E-state index in [0.717, 1.165) is 34.8 Å². The molecule has 25 heavy (non-hydrogen) atoms. The number of thiazole rings is 1. The van der Waals surface area contributed by atoms with Crippen LogP contribution >= 0.6 is 11.3 Å². The predicted octanol–water partition coefficient (Wildman–Crippen LogP) is 3.60. The Morgan fingerprint density at radius 3 is 3.12 bits per heavy atom. The van der Waals surface area contributed by atoms with Crippen molar-refractivity contribution in [3.05, 3.63) is 52.6 Å². The number of anilines is 2. The molecule has 3 aromatic rings. The van der Waals surface area contributed by atoms with Crippen molar-refractivity contribution in [2.45, 2.75) is 26.4 Å². The van der Waals surface area contributed by atoms with Gasteiger partial charge >= 0.3 is 0 Å². The molecule has 0 aliphatic heterocycles. The summed E-state index contributed by atoms with van der Waals surface area (Å²) in [5.41, 5.74) is 9.12. The molecule has 0 bridgehead atoms. The zero-order valence-corrected chi connectivity index (χ0v) is 14.8. The molecule has 0 aromatic carbocycles. The van der Waals surface area contributed by atoms with Crippen LogP contribution in [0.25, 0.3) is 11.0 Å². The zero-order valence-electron chi connectivity index (χ0n) is 14.0. The Labute approximate surface area is 150 Å². The van der Waals surface area contributed by atoms with Gasteiger partial charge in [-0.2, -0.15) is 4.98 Å². The molecule has 0 saturated carbocycles. The normalized spacial score (nSPS) is 17.0. The molecule has 3 N–H and O–H groups in total. The first-order chi connectivity index (χ1) is 12.2. The van der Waals surface area contributed by atoms with Gasteiger partial charge in [0.05, 0.1) is 12.1 Å². The van der Waals surface area contributed by atoms with Crippen LogP contribution in [0.3, 0.4) is 0 Å². The average molecular weight is 352 g/mol. The van der Waals surface area contributed by atoms with Gasteiger partial charge in [0.2, 0.25) is 5.95 Å². The van der Waals surface area contributed by atoms with Gasteiger partial charge in [-0.1, -0.05) is 25.2 Å². The third-order valence-corrected chi connectivity index (χ3v) is 5.22. The van der Waals surface area contributed by atoms with Crippen LogP contribution < -0.4 is 11.1 Å². The van der Waals surface area contributed by atoms with Crippen molar-refractivity contribution >= 4 is 34.1 Å². The molecule has 0 radical (unpaired) electrons. The van der Waals surface area contributed by atoms with E-state index in [1.54, 1.807) is 17.5 Å². The number of aromatic nitrogens is 4. The maximum absolute atomic E-state index is 5.88. The number of nitrogen functional groups attached to an aromatic ring is 1. The summed E-state index contributed by atoms with van der Waals surface area (Å²) < 4.78 is 2.19. The van der Waals surface area contributed by atoms with Crippen LogP contribution in [0, 0.1) is 5.92 Å². The highest BCUT2D eigenvalue weighted by atomic mass is 32.1. The first-order valence-electron chi connectivity index (χ1n) is 8.31. The van der Waals surface area contributed by atoms with Gasteiger partial charge in [-0.15, -0.1) is 11.3 Å². The van der Waals surface area contributed by atoms with Gasteiger partial charge in [0.25, 0.3) is 0 Å².